The van der Waals surface area contributed by atoms with Crippen molar-refractivity contribution in [3.63, 3.8) is 0 Å². The quantitative estimate of drug-likeness (QED) is 0.577. The van der Waals surface area contributed by atoms with Gasteiger partial charge < -0.3 is 4.74 Å². The molecule has 0 aliphatic heterocycles. The second-order valence-corrected chi connectivity index (χ2v) is 3.88. The number of rotatable bonds is 4. The van der Waals surface area contributed by atoms with Crippen LogP contribution < -0.4 is 0 Å². The van der Waals surface area contributed by atoms with Crippen LogP contribution in [0.2, 0.25) is 0 Å². The minimum Gasteiger partial charge on any atom is -0.462 e. The fourth-order valence-electron chi connectivity index (χ4n) is 1.30. The number of carbonyl (C=O) groups is 1. The molecule has 18 heavy (non-hydrogen) atoms. The Labute approximate surface area is 100 Å². The molecule has 0 spiro atoms. The van der Waals surface area contributed by atoms with Crippen LogP contribution in [0.4, 0.5) is 26.3 Å². The average molecular weight is 280 g/mol. The van der Waals surface area contributed by atoms with Crippen molar-refractivity contribution < 1.29 is 35.9 Å². The molecule has 1 atom stereocenters. The Kier molecular flexibility index (Phi) is 5.07. The maximum atomic E-state index is 12.7. The van der Waals surface area contributed by atoms with Gasteiger partial charge in [0, 0.05) is 0 Å². The van der Waals surface area contributed by atoms with Crippen molar-refractivity contribution in [2.45, 2.75) is 52.1 Å². The zero-order valence-corrected chi connectivity index (χ0v) is 10.1. The molecule has 0 aliphatic rings. The van der Waals surface area contributed by atoms with E-state index in [0.29, 0.717) is 6.92 Å². The van der Waals surface area contributed by atoms with E-state index in [1.807, 2.05) is 0 Å². The zero-order valence-electron chi connectivity index (χ0n) is 10.1. The molecule has 0 radical (unpaired) electrons. The molecule has 0 bridgehead atoms. The molecule has 0 saturated carbocycles. The van der Waals surface area contributed by atoms with E-state index >= 15 is 0 Å². The molecule has 0 aliphatic carbocycles. The van der Waals surface area contributed by atoms with Crippen LogP contribution in [-0.2, 0) is 9.53 Å². The van der Waals surface area contributed by atoms with E-state index in [-0.39, 0.29) is 6.42 Å². The van der Waals surface area contributed by atoms with Crippen LogP contribution in [-0.4, -0.2) is 24.4 Å². The summed E-state index contributed by atoms with van der Waals surface area (Å²) in [6.07, 6.45) is -13.8. The lowest BCUT2D eigenvalue weighted by Gasteiger charge is -2.34. The Bertz CT molecular complexity index is 280. The van der Waals surface area contributed by atoms with Crippen molar-refractivity contribution in [3.05, 3.63) is 0 Å². The fraction of sp³-hybridized carbons (Fsp3) is 0.900. The summed E-state index contributed by atoms with van der Waals surface area (Å²) in [6, 6.07) is 0. The van der Waals surface area contributed by atoms with E-state index in [1.165, 1.54) is 13.8 Å². The summed E-state index contributed by atoms with van der Waals surface area (Å²) >= 11 is 0. The standard InChI is InChI=1S/C10H14F6O2/c1-4-6(3)18-7(17)8(5-2,9(11,12)13)10(14,15)16/h6H,4-5H2,1-3H3/t6-/m0/s1. The van der Waals surface area contributed by atoms with Gasteiger partial charge in [0.25, 0.3) is 5.41 Å². The van der Waals surface area contributed by atoms with E-state index in [9.17, 15) is 31.1 Å². The number of ether oxygens (including phenoxy) is 1. The number of hydrogen-bond donors (Lipinski definition) is 0. The van der Waals surface area contributed by atoms with Gasteiger partial charge in [-0.05, 0) is 19.8 Å². The van der Waals surface area contributed by atoms with Crippen molar-refractivity contribution in [3.8, 4) is 0 Å². The first-order valence-corrected chi connectivity index (χ1v) is 5.28. The highest BCUT2D eigenvalue weighted by Gasteiger charge is 2.75. The Balaban J connectivity index is 5.55. The van der Waals surface area contributed by atoms with Crippen LogP contribution in [0.3, 0.4) is 0 Å². The minimum atomic E-state index is -5.75. The predicted octanol–water partition coefficient (Wildman–Crippen LogP) is 3.85. The number of halogens is 6. The molecule has 8 heteroatoms. The van der Waals surface area contributed by atoms with Gasteiger partial charge in [-0.3, -0.25) is 4.79 Å². The highest BCUT2D eigenvalue weighted by Crippen LogP contribution is 2.53. The largest absolute Gasteiger partial charge is 0.462 e. The number of esters is 1. The highest BCUT2D eigenvalue weighted by atomic mass is 19.4. The Morgan fingerprint density at radius 3 is 1.67 bits per heavy atom. The molecule has 0 aromatic heterocycles. The third kappa shape index (κ3) is 2.89. The number of alkyl halides is 6. The van der Waals surface area contributed by atoms with Gasteiger partial charge in [0.05, 0.1) is 6.10 Å². The molecule has 0 rings (SSSR count). The first-order valence-electron chi connectivity index (χ1n) is 5.28. The number of carbonyl (C=O) groups excluding carboxylic acids is 1. The second-order valence-electron chi connectivity index (χ2n) is 3.88. The maximum Gasteiger partial charge on any atom is 0.413 e. The predicted molar refractivity (Wildman–Crippen MR) is 50.7 cm³/mol. The minimum absolute atomic E-state index is 0.126. The molecule has 0 fully saturated rings. The molecule has 108 valence electrons. The van der Waals surface area contributed by atoms with Gasteiger partial charge in [0.2, 0.25) is 0 Å². The van der Waals surface area contributed by atoms with Gasteiger partial charge >= 0.3 is 18.3 Å². The van der Waals surface area contributed by atoms with Crippen molar-refractivity contribution >= 4 is 5.97 Å². The van der Waals surface area contributed by atoms with Crippen molar-refractivity contribution in [1.29, 1.82) is 0 Å². The van der Waals surface area contributed by atoms with Crippen LogP contribution in [0.25, 0.3) is 0 Å². The van der Waals surface area contributed by atoms with Crippen molar-refractivity contribution in [1.82, 2.24) is 0 Å². The molecular weight excluding hydrogens is 266 g/mol. The Hall–Kier alpha value is -0.950. The van der Waals surface area contributed by atoms with Crippen molar-refractivity contribution in [2.24, 2.45) is 5.41 Å². The summed E-state index contributed by atoms with van der Waals surface area (Å²) in [5.74, 6) is -2.29. The highest BCUT2D eigenvalue weighted by molar-refractivity contribution is 5.79. The molecule has 0 heterocycles. The van der Waals surface area contributed by atoms with Gasteiger partial charge in [-0.15, -0.1) is 0 Å². The zero-order chi connectivity index (χ0) is 14.8. The van der Waals surface area contributed by atoms with Gasteiger partial charge in [-0.1, -0.05) is 13.8 Å². The normalized spacial score (nSPS) is 15.4. The Morgan fingerprint density at radius 2 is 1.44 bits per heavy atom. The van der Waals surface area contributed by atoms with E-state index in [0.717, 1.165) is 0 Å². The smallest absolute Gasteiger partial charge is 0.413 e. The number of hydrogen-bond acceptors (Lipinski definition) is 2. The summed E-state index contributed by atoms with van der Waals surface area (Å²) < 4.78 is 80.2. The summed E-state index contributed by atoms with van der Waals surface area (Å²) in [4.78, 5) is 11.3. The molecule has 0 aromatic rings. The molecule has 0 saturated heterocycles. The molecule has 0 aromatic carbocycles. The van der Waals surface area contributed by atoms with E-state index in [1.54, 1.807) is 0 Å². The van der Waals surface area contributed by atoms with Gasteiger partial charge in [0.1, 0.15) is 0 Å². The van der Waals surface area contributed by atoms with Crippen LogP contribution in [0, 0.1) is 5.41 Å². The SMILES string of the molecule is CC[C@H](C)OC(=O)C(CC)(C(F)(F)F)C(F)(F)F. The molecular formula is C10H14F6O2. The lowest BCUT2D eigenvalue weighted by atomic mass is 9.83. The third-order valence-corrected chi connectivity index (χ3v) is 2.73. The lowest BCUT2D eigenvalue weighted by Crippen LogP contribution is -2.56. The van der Waals surface area contributed by atoms with Crippen LogP contribution in [0.1, 0.15) is 33.6 Å². The summed E-state index contributed by atoms with van der Waals surface area (Å²) in [5, 5.41) is 0. The van der Waals surface area contributed by atoms with Crippen LogP contribution in [0.5, 0.6) is 0 Å². The monoisotopic (exact) mass is 280 g/mol. The summed E-state index contributed by atoms with van der Waals surface area (Å²) in [7, 11) is 0. The van der Waals surface area contributed by atoms with Gasteiger partial charge in [-0.25, -0.2) is 0 Å². The summed E-state index contributed by atoms with van der Waals surface area (Å²) in [6.45, 7) is 3.36. The average Bonchev–Trinajstić information content (AvgIpc) is 2.14. The van der Waals surface area contributed by atoms with Gasteiger partial charge in [0.15, 0.2) is 0 Å². The first kappa shape index (κ1) is 17.1. The maximum absolute atomic E-state index is 12.7. The first-order chi connectivity index (χ1) is 7.94. The molecule has 0 amide bonds. The third-order valence-electron chi connectivity index (χ3n) is 2.73. The second kappa shape index (κ2) is 5.36. The lowest BCUT2D eigenvalue weighted by molar-refractivity contribution is -0.334. The van der Waals surface area contributed by atoms with E-state index < -0.39 is 36.3 Å². The Morgan fingerprint density at radius 1 is 1.06 bits per heavy atom. The van der Waals surface area contributed by atoms with Crippen LogP contribution >= 0.6 is 0 Å². The summed E-state index contributed by atoms with van der Waals surface area (Å²) in [5.41, 5.74) is -4.45. The van der Waals surface area contributed by atoms with Crippen molar-refractivity contribution in [2.75, 3.05) is 0 Å². The molecule has 0 N–H and O–H groups in total. The molecule has 2 nitrogen and oxygen atoms in total. The topological polar surface area (TPSA) is 26.3 Å². The fourth-order valence-corrected chi connectivity index (χ4v) is 1.30. The van der Waals surface area contributed by atoms with E-state index in [2.05, 4.69) is 4.74 Å². The van der Waals surface area contributed by atoms with E-state index in [4.69, 9.17) is 0 Å². The van der Waals surface area contributed by atoms with Gasteiger partial charge in [-0.2, -0.15) is 26.3 Å². The molecule has 0 unspecified atom stereocenters. The van der Waals surface area contributed by atoms with Crippen LogP contribution in [0.15, 0.2) is 0 Å².